The third-order valence-electron chi connectivity index (χ3n) is 9.25. The lowest BCUT2D eigenvalue weighted by Gasteiger charge is -2.58. The Balaban J connectivity index is 1.04. The van der Waals surface area contributed by atoms with Crippen molar-refractivity contribution in [2.24, 2.45) is 29.6 Å². The van der Waals surface area contributed by atoms with Crippen molar-refractivity contribution in [3.05, 3.63) is 16.0 Å². The van der Waals surface area contributed by atoms with Crippen LogP contribution in [-0.4, -0.2) is 54.5 Å². The van der Waals surface area contributed by atoms with E-state index < -0.39 is 0 Å². The number of fused-ring (bicyclic) bond motifs is 1. The molecule has 5 fully saturated rings. The maximum absolute atomic E-state index is 12.8. The number of carbonyl (C=O) groups is 1. The zero-order valence-electron chi connectivity index (χ0n) is 19.3. The van der Waals surface area contributed by atoms with E-state index in [1.54, 1.807) is 11.3 Å². The van der Waals surface area contributed by atoms with Crippen LogP contribution >= 0.6 is 11.3 Å². The zero-order valence-corrected chi connectivity index (χ0v) is 20.1. The smallest absolute Gasteiger partial charge is 0.239 e. The molecule has 0 aromatic carbocycles. The molecule has 5 aliphatic carbocycles. The standard InChI is InChI=1S/C26H36N4OS/c1-16-2-3-21-22(14-27)26(32-23(21)8-16)28-24(31)15-29-4-6-30(7-5-29)25-19-10-17-9-18(12-19)13-20(25)11-17/h16-20,25H,2-13,15H2,1H3,(H,28,31). The van der Waals surface area contributed by atoms with Gasteiger partial charge in [-0.1, -0.05) is 6.92 Å². The quantitative estimate of drug-likeness (QED) is 0.746. The summed E-state index contributed by atoms with van der Waals surface area (Å²) in [4.78, 5) is 19.2. The largest absolute Gasteiger partial charge is 0.315 e. The Labute approximate surface area is 196 Å². The Bertz CT molecular complexity index is 897. The Kier molecular flexibility index (Phi) is 5.56. The number of hydrogen-bond acceptors (Lipinski definition) is 5. The molecule has 1 aromatic heterocycles. The fraction of sp³-hybridized carbons (Fsp3) is 0.769. The lowest BCUT2D eigenvalue weighted by molar-refractivity contribution is -0.118. The van der Waals surface area contributed by atoms with Crippen molar-refractivity contribution < 1.29 is 4.79 Å². The van der Waals surface area contributed by atoms with E-state index in [9.17, 15) is 10.1 Å². The van der Waals surface area contributed by atoms with E-state index in [2.05, 4.69) is 28.1 Å². The number of amides is 1. The molecule has 1 saturated heterocycles. The van der Waals surface area contributed by atoms with Gasteiger partial charge in [0.1, 0.15) is 11.1 Å². The highest BCUT2D eigenvalue weighted by atomic mass is 32.1. The summed E-state index contributed by atoms with van der Waals surface area (Å²) in [7, 11) is 0. The minimum Gasteiger partial charge on any atom is -0.315 e. The second kappa shape index (κ2) is 8.42. The maximum atomic E-state index is 12.8. The van der Waals surface area contributed by atoms with Gasteiger partial charge in [-0.3, -0.25) is 14.6 Å². The third-order valence-corrected chi connectivity index (χ3v) is 10.4. The number of thiophene rings is 1. The lowest BCUT2D eigenvalue weighted by Crippen LogP contribution is -2.60. The molecule has 1 aliphatic heterocycles. The average Bonchev–Trinajstić information content (AvgIpc) is 3.09. The minimum atomic E-state index is 0.0382. The highest BCUT2D eigenvalue weighted by Gasteiger charge is 2.50. The molecule has 172 valence electrons. The highest BCUT2D eigenvalue weighted by molar-refractivity contribution is 7.16. The molecule has 7 rings (SSSR count). The van der Waals surface area contributed by atoms with Crippen LogP contribution in [0, 0.1) is 40.9 Å². The van der Waals surface area contributed by atoms with Crippen molar-refractivity contribution in [3.8, 4) is 6.07 Å². The fourth-order valence-electron chi connectivity index (χ4n) is 8.04. The van der Waals surface area contributed by atoms with Gasteiger partial charge in [0, 0.05) is 37.1 Å². The van der Waals surface area contributed by atoms with Gasteiger partial charge in [0.05, 0.1) is 12.1 Å². The van der Waals surface area contributed by atoms with Gasteiger partial charge in [-0.2, -0.15) is 5.26 Å². The normalized spacial score (nSPS) is 36.6. The van der Waals surface area contributed by atoms with Gasteiger partial charge >= 0.3 is 0 Å². The molecule has 32 heavy (non-hydrogen) atoms. The molecule has 1 atom stereocenters. The van der Waals surface area contributed by atoms with E-state index in [4.69, 9.17) is 0 Å². The van der Waals surface area contributed by atoms with Crippen molar-refractivity contribution in [3.63, 3.8) is 0 Å². The molecule has 4 saturated carbocycles. The summed E-state index contributed by atoms with van der Waals surface area (Å²) in [6, 6.07) is 3.19. The molecule has 1 unspecified atom stereocenters. The summed E-state index contributed by atoms with van der Waals surface area (Å²) >= 11 is 1.63. The molecule has 1 amide bonds. The van der Waals surface area contributed by atoms with Crippen LogP contribution in [0.2, 0.25) is 0 Å². The number of anilines is 1. The van der Waals surface area contributed by atoms with Gasteiger partial charge in [-0.15, -0.1) is 11.3 Å². The number of carbonyl (C=O) groups excluding carboxylic acids is 1. The van der Waals surface area contributed by atoms with Gasteiger partial charge in [-0.05, 0) is 86.5 Å². The van der Waals surface area contributed by atoms with Crippen LogP contribution in [-0.2, 0) is 17.6 Å². The molecular weight excluding hydrogens is 416 g/mol. The van der Waals surface area contributed by atoms with Crippen LogP contribution in [0.25, 0.3) is 0 Å². The predicted octanol–water partition coefficient (Wildman–Crippen LogP) is 4.13. The summed E-state index contributed by atoms with van der Waals surface area (Å²) in [5.41, 5.74) is 1.91. The summed E-state index contributed by atoms with van der Waals surface area (Å²) in [6.45, 7) is 6.90. The Hall–Kier alpha value is -1.42. The molecule has 1 aromatic rings. The first-order valence-corrected chi connectivity index (χ1v) is 13.7. The number of rotatable bonds is 4. The van der Waals surface area contributed by atoms with Crippen LogP contribution in [0.1, 0.15) is 61.5 Å². The van der Waals surface area contributed by atoms with Crippen LogP contribution in [0.4, 0.5) is 5.00 Å². The highest BCUT2D eigenvalue weighted by Crippen LogP contribution is 2.55. The summed E-state index contributed by atoms with van der Waals surface area (Å²) in [6.07, 6.45) is 10.6. The van der Waals surface area contributed by atoms with E-state index in [0.717, 1.165) is 85.7 Å². The van der Waals surface area contributed by atoms with E-state index >= 15 is 0 Å². The van der Waals surface area contributed by atoms with Gasteiger partial charge in [-0.25, -0.2) is 0 Å². The van der Waals surface area contributed by atoms with Crippen LogP contribution in [0.5, 0.6) is 0 Å². The first kappa shape index (κ1) is 21.1. The second-order valence-corrected chi connectivity index (χ2v) is 12.6. The van der Waals surface area contributed by atoms with Gasteiger partial charge in [0.15, 0.2) is 0 Å². The molecule has 2 heterocycles. The topological polar surface area (TPSA) is 59.4 Å². The lowest BCUT2D eigenvalue weighted by atomic mass is 9.54. The van der Waals surface area contributed by atoms with Crippen molar-refractivity contribution >= 4 is 22.2 Å². The summed E-state index contributed by atoms with van der Waals surface area (Å²) in [5.74, 6) is 4.65. The SMILES string of the molecule is CC1CCc2c(sc(NC(=O)CN3CCN(C4C5CC6CC(C5)CC4C6)CC3)c2C#N)C1. The van der Waals surface area contributed by atoms with E-state index in [1.165, 1.54) is 42.5 Å². The predicted molar refractivity (Wildman–Crippen MR) is 128 cm³/mol. The second-order valence-electron chi connectivity index (χ2n) is 11.4. The van der Waals surface area contributed by atoms with Gasteiger partial charge in [0.2, 0.25) is 5.91 Å². The monoisotopic (exact) mass is 452 g/mol. The summed E-state index contributed by atoms with van der Waals surface area (Å²) < 4.78 is 0. The first-order valence-electron chi connectivity index (χ1n) is 12.9. The number of piperazine rings is 1. The van der Waals surface area contributed by atoms with Crippen molar-refractivity contribution in [2.75, 3.05) is 38.0 Å². The molecule has 6 heteroatoms. The number of nitriles is 1. The molecule has 6 aliphatic rings. The van der Waals surface area contributed by atoms with E-state index in [1.807, 2.05) is 0 Å². The maximum Gasteiger partial charge on any atom is 0.239 e. The van der Waals surface area contributed by atoms with E-state index in [-0.39, 0.29) is 5.91 Å². The van der Waals surface area contributed by atoms with Gasteiger partial charge < -0.3 is 5.32 Å². The number of nitrogens with one attached hydrogen (secondary N) is 1. The van der Waals surface area contributed by atoms with E-state index in [0.29, 0.717) is 12.5 Å². The average molecular weight is 453 g/mol. The molecule has 0 spiro atoms. The molecule has 1 N–H and O–H groups in total. The summed E-state index contributed by atoms with van der Waals surface area (Å²) in [5, 5.41) is 13.6. The van der Waals surface area contributed by atoms with Crippen LogP contribution in [0.3, 0.4) is 0 Å². The Morgan fingerprint density at radius 1 is 1.09 bits per heavy atom. The minimum absolute atomic E-state index is 0.0382. The molecule has 0 radical (unpaired) electrons. The molecular formula is C26H36N4OS. The van der Waals surface area contributed by atoms with Crippen molar-refractivity contribution in [1.29, 1.82) is 5.26 Å². The van der Waals surface area contributed by atoms with Crippen molar-refractivity contribution in [2.45, 2.75) is 64.3 Å². The fourth-order valence-corrected chi connectivity index (χ4v) is 9.42. The van der Waals surface area contributed by atoms with Crippen LogP contribution < -0.4 is 5.32 Å². The first-order chi connectivity index (χ1) is 15.6. The van der Waals surface area contributed by atoms with Gasteiger partial charge in [0.25, 0.3) is 0 Å². The van der Waals surface area contributed by atoms with Crippen LogP contribution in [0.15, 0.2) is 0 Å². The number of nitrogens with zero attached hydrogens (tertiary/aromatic N) is 3. The Morgan fingerprint density at radius 3 is 2.44 bits per heavy atom. The zero-order chi connectivity index (χ0) is 21.8. The molecule has 4 bridgehead atoms. The third kappa shape index (κ3) is 3.81. The van der Waals surface area contributed by atoms with Crippen molar-refractivity contribution in [1.82, 2.24) is 9.80 Å². The molecule has 5 nitrogen and oxygen atoms in total. The Morgan fingerprint density at radius 2 is 1.78 bits per heavy atom. The number of hydrogen-bond donors (Lipinski definition) is 1.